The molecule has 5 rings (SSSR count). The fourth-order valence-electron chi connectivity index (χ4n) is 5.13. The smallest absolute Gasteiger partial charge is 0.234 e. The van der Waals surface area contributed by atoms with Crippen molar-refractivity contribution in [3.63, 3.8) is 0 Å². The highest BCUT2D eigenvalue weighted by Gasteiger charge is 2.37. The lowest BCUT2D eigenvalue weighted by Crippen LogP contribution is -2.40. The zero-order chi connectivity index (χ0) is 21.4. The van der Waals surface area contributed by atoms with Crippen LogP contribution in [-0.2, 0) is 4.79 Å². The fourth-order valence-corrected chi connectivity index (χ4v) is 5.25. The highest BCUT2D eigenvalue weighted by molar-refractivity contribution is 6.30. The minimum absolute atomic E-state index is 0.0113. The highest BCUT2D eigenvalue weighted by atomic mass is 35.5. The van der Waals surface area contributed by atoms with Gasteiger partial charge in [-0.2, -0.15) is 0 Å². The zero-order valence-corrected chi connectivity index (χ0v) is 18.6. The number of fused-ring (bicyclic) bond motifs is 3. The Morgan fingerprint density at radius 2 is 1.48 bits per heavy atom. The third-order valence-corrected chi connectivity index (χ3v) is 7.03. The van der Waals surface area contributed by atoms with E-state index in [-0.39, 0.29) is 17.9 Å². The first kappa shape index (κ1) is 20.3. The van der Waals surface area contributed by atoms with Gasteiger partial charge in [0.15, 0.2) is 0 Å². The van der Waals surface area contributed by atoms with Gasteiger partial charge in [-0.25, -0.2) is 0 Å². The van der Waals surface area contributed by atoms with Gasteiger partial charge in [-0.05, 0) is 65.9 Å². The van der Waals surface area contributed by atoms with Crippen LogP contribution in [0.4, 0.5) is 0 Å². The monoisotopic (exact) mass is 430 g/mol. The molecule has 1 aliphatic heterocycles. The summed E-state index contributed by atoms with van der Waals surface area (Å²) in [5.41, 5.74) is 5.69. The van der Waals surface area contributed by atoms with E-state index < -0.39 is 0 Å². The van der Waals surface area contributed by atoms with E-state index in [1.807, 2.05) is 36.2 Å². The third-order valence-electron chi connectivity index (χ3n) is 6.78. The molecule has 0 unspecified atom stereocenters. The second-order valence-electron chi connectivity index (χ2n) is 8.63. The van der Waals surface area contributed by atoms with Crippen molar-refractivity contribution in [3.8, 4) is 11.1 Å². The number of halogens is 1. The first-order valence-corrected chi connectivity index (χ1v) is 11.4. The van der Waals surface area contributed by atoms with Gasteiger partial charge in [0.1, 0.15) is 0 Å². The second kappa shape index (κ2) is 8.49. The first-order valence-electron chi connectivity index (χ1n) is 11.1. The van der Waals surface area contributed by atoms with Gasteiger partial charge in [0.2, 0.25) is 5.91 Å². The van der Waals surface area contributed by atoms with Crippen LogP contribution < -0.4 is 0 Å². The molecule has 0 aromatic heterocycles. The molecule has 0 spiro atoms. The van der Waals surface area contributed by atoms with E-state index in [0.717, 1.165) is 41.3 Å². The molecule has 158 valence electrons. The quantitative estimate of drug-likeness (QED) is 0.514. The summed E-state index contributed by atoms with van der Waals surface area (Å²) in [6.45, 7) is 3.04. The van der Waals surface area contributed by atoms with E-state index >= 15 is 0 Å². The number of amides is 1. The molecule has 2 aliphatic rings. The average molecular weight is 431 g/mol. The van der Waals surface area contributed by atoms with Gasteiger partial charge in [-0.1, -0.05) is 72.3 Å². The Hall–Kier alpha value is -2.62. The number of benzene rings is 3. The van der Waals surface area contributed by atoms with Gasteiger partial charge in [0, 0.05) is 18.6 Å². The molecule has 1 atom stereocenters. The molecular weight excluding hydrogens is 404 g/mol. The third kappa shape index (κ3) is 3.77. The molecule has 1 aliphatic carbocycles. The van der Waals surface area contributed by atoms with Crippen molar-refractivity contribution < 1.29 is 4.79 Å². The molecule has 31 heavy (non-hydrogen) atoms. The number of nitrogens with zero attached hydrogens (tertiary/aromatic N) is 2. The predicted octanol–water partition coefficient (Wildman–Crippen LogP) is 5.75. The van der Waals surface area contributed by atoms with Crippen LogP contribution in [0.15, 0.2) is 72.8 Å². The number of carbonyl (C=O) groups is 1. The second-order valence-corrected chi connectivity index (χ2v) is 9.07. The van der Waals surface area contributed by atoms with E-state index in [1.165, 1.54) is 24.0 Å². The summed E-state index contributed by atoms with van der Waals surface area (Å²) in [5, 5.41) is 0.719. The number of hydrogen-bond acceptors (Lipinski definition) is 2. The number of hydrogen-bond donors (Lipinski definition) is 0. The molecule has 0 saturated carbocycles. The Morgan fingerprint density at radius 1 is 0.935 bits per heavy atom. The molecule has 3 aromatic rings. The lowest BCUT2D eigenvalue weighted by Gasteiger charge is -2.34. The maximum atomic E-state index is 14.0. The molecule has 1 heterocycles. The van der Waals surface area contributed by atoms with E-state index in [9.17, 15) is 4.79 Å². The van der Waals surface area contributed by atoms with Crippen molar-refractivity contribution in [3.05, 3.63) is 94.5 Å². The molecular formula is C27H27ClN2O. The van der Waals surface area contributed by atoms with E-state index in [0.29, 0.717) is 0 Å². The summed E-state index contributed by atoms with van der Waals surface area (Å²) in [4.78, 5) is 18.4. The standard InChI is InChI=1S/C27H27ClN2O/c1-29(25(18-30-16-6-7-17-30)19-12-14-20(28)15-13-19)27(31)26-23-10-4-2-8-21(23)22-9-3-5-11-24(22)26/h2-5,8-15,25-26H,6-7,16-18H2,1H3/t25-/m1/s1. The van der Waals surface area contributed by atoms with Crippen molar-refractivity contribution in [2.24, 2.45) is 0 Å². The summed E-state index contributed by atoms with van der Waals surface area (Å²) in [6.07, 6.45) is 2.46. The van der Waals surface area contributed by atoms with Crippen LogP contribution in [0.25, 0.3) is 11.1 Å². The summed E-state index contributed by atoms with van der Waals surface area (Å²) < 4.78 is 0. The summed E-state index contributed by atoms with van der Waals surface area (Å²) in [6, 6.07) is 24.6. The van der Waals surface area contributed by atoms with Crippen LogP contribution in [0.3, 0.4) is 0 Å². The van der Waals surface area contributed by atoms with Crippen LogP contribution in [-0.4, -0.2) is 42.4 Å². The molecule has 3 nitrogen and oxygen atoms in total. The summed E-state index contributed by atoms with van der Waals surface area (Å²) in [5.74, 6) is -0.109. The van der Waals surface area contributed by atoms with Crippen molar-refractivity contribution in [2.75, 3.05) is 26.7 Å². The van der Waals surface area contributed by atoms with Crippen molar-refractivity contribution in [2.45, 2.75) is 24.8 Å². The van der Waals surface area contributed by atoms with Gasteiger partial charge in [-0.3, -0.25) is 4.79 Å². The summed E-state index contributed by atoms with van der Waals surface area (Å²) >= 11 is 6.15. The Kier molecular flexibility index (Phi) is 5.56. The molecule has 3 aromatic carbocycles. The van der Waals surface area contributed by atoms with Crippen LogP contribution >= 0.6 is 11.6 Å². The van der Waals surface area contributed by atoms with Gasteiger partial charge in [0.25, 0.3) is 0 Å². The molecule has 1 amide bonds. The molecule has 0 N–H and O–H groups in total. The topological polar surface area (TPSA) is 23.6 Å². The van der Waals surface area contributed by atoms with Crippen LogP contribution in [0.1, 0.15) is 41.5 Å². The maximum Gasteiger partial charge on any atom is 0.234 e. The number of likely N-dealkylation sites (N-methyl/N-ethyl adjacent to an activating group) is 1. The Labute approximate surface area is 189 Å². The highest BCUT2D eigenvalue weighted by Crippen LogP contribution is 2.46. The molecule has 1 fully saturated rings. The van der Waals surface area contributed by atoms with Crippen LogP contribution in [0, 0.1) is 0 Å². The SMILES string of the molecule is CN(C(=O)C1c2ccccc2-c2ccccc21)[C@H](CN1CCCC1)c1ccc(Cl)cc1. The molecule has 0 bridgehead atoms. The molecule has 1 saturated heterocycles. The van der Waals surface area contributed by atoms with E-state index in [4.69, 9.17) is 11.6 Å². The first-order chi connectivity index (χ1) is 15.1. The van der Waals surface area contributed by atoms with E-state index in [2.05, 4.69) is 53.4 Å². The number of carbonyl (C=O) groups excluding carboxylic acids is 1. The van der Waals surface area contributed by atoms with E-state index in [1.54, 1.807) is 0 Å². The van der Waals surface area contributed by atoms with Crippen molar-refractivity contribution in [1.29, 1.82) is 0 Å². The van der Waals surface area contributed by atoms with Crippen molar-refractivity contribution >= 4 is 17.5 Å². The molecule has 0 radical (unpaired) electrons. The Bertz CT molecular complexity index is 1040. The zero-order valence-electron chi connectivity index (χ0n) is 17.8. The maximum absolute atomic E-state index is 14.0. The van der Waals surface area contributed by atoms with Gasteiger partial charge < -0.3 is 9.80 Å². The number of likely N-dealkylation sites (tertiary alicyclic amines) is 1. The summed E-state index contributed by atoms with van der Waals surface area (Å²) in [7, 11) is 1.96. The average Bonchev–Trinajstić information content (AvgIpc) is 3.43. The largest absolute Gasteiger partial charge is 0.337 e. The Balaban J connectivity index is 1.51. The minimum atomic E-state index is -0.259. The normalized spacial score (nSPS) is 16.7. The van der Waals surface area contributed by atoms with Gasteiger partial charge in [0.05, 0.1) is 12.0 Å². The van der Waals surface area contributed by atoms with Crippen LogP contribution in [0.5, 0.6) is 0 Å². The van der Waals surface area contributed by atoms with Gasteiger partial charge >= 0.3 is 0 Å². The van der Waals surface area contributed by atoms with Crippen LogP contribution in [0.2, 0.25) is 5.02 Å². The van der Waals surface area contributed by atoms with Crippen molar-refractivity contribution in [1.82, 2.24) is 9.80 Å². The molecule has 4 heteroatoms. The lowest BCUT2D eigenvalue weighted by molar-refractivity contribution is -0.133. The Morgan fingerprint density at radius 3 is 2.06 bits per heavy atom. The fraction of sp³-hybridized carbons (Fsp3) is 0.296. The lowest BCUT2D eigenvalue weighted by atomic mass is 9.94. The number of rotatable bonds is 5. The van der Waals surface area contributed by atoms with Gasteiger partial charge in [-0.15, -0.1) is 0 Å². The minimum Gasteiger partial charge on any atom is -0.337 e. The predicted molar refractivity (Wildman–Crippen MR) is 126 cm³/mol.